The maximum absolute atomic E-state index is 10.6. The Bertz CT molecular complexity index is 354. The van der Waals surface area contributed by atoms with Gasteiger partial charge in [-0.3, -0.25) is 0 Å². The summed E-state index contributed by atoms with van der Waals surface area (Å²) >= 11 is 0. The van der Waals surface area contributed by atoms with E-state index in [4.69, 9.17) is 9.84 Å². The first-order valence-corrected chi connectivity index (χ1v) is 3.39. The van der Waals surface area contributed by atoms with E-state index in [0.717, 1.165) is 0 Å². The molecule has 5 nitrogen and oxygen atoms in total. The van der Waals surface area contributed by atoms with Crippen molar-refractivity contribution in [3.05, 3.63) is 17.8 Å². The third kappa shape index (κ3) is 0.868. The van der Waals surface area contributed by atoms with Crippen LogP contribution in [-0.2, 0) is 0 Å². The summed E-state index contributed by atoms with van der Waals surface area (Å²) in [6.45, 7) is 0.395. The molecule has 0 aliphatic carbocycles. The minimum Gasteiger partial charge on any atom is -0.477 e. The lowest BCUT2D eigenvalue weighted by Gasteiger charge is -2.08. The summed E-state index contributed by atoms with van der Waals surface area (Å²) in [5, 5.41) is 12.5. The quantitative estimate of drug-likeness (QED) is 0.657. The molecule has 0 spiro atoms. The van der Waals surface area contributed by atoms with Crippen LogP contribution in [0.3, 0.4) is 0 Å². The Kier molecular flexibility index (Phi) is 1.36. The van der Waals surface area contributed by atoms with E-state index in [-0.39, 0.29) is 5.56 Å². The molecular formula is C7H6N2O3. The number of fused-ring (bicyclic) bond motifs is 1. The van der Waals surface area contributed by atoms with E-state index in [0.29, 0.717) is 12.5 Å². The van der Waals surface area contributed by atoms with Crippen LogP contribution in [0, 0.1) is 0 Å². The van der Waals surface area contributed by atoms with Crippen LogP contribution in [-0.4, -0.2) is 27.5 Å². The molecule has 12 heavy (non-hydrogen) atoms. The molecule has 1 aliphatic heterocycles. The van der Waals surface area contributed by atoms with Gasteiger partial charge >= 0.3 is 5.97 Å². The molecule has 0 saturated heterocycles. The van der Waals surface area contributed by atoms with Gasteiger partial charge in [-0.05, 0) is 6.08 Å². The van der Waals surface area contributed by atoms with Crippen molar-refractivity contribution in [1.82, 2.24) is 9.78 Å². The number of carbonyl (C=O) groups is 1. The summed E-state index contributed by atoms with van der Waals surface area (Å²) in [6, 6.07) is 0. The highest BCUT2D eigenvalue weighted by Gasteiger charge is 2.18. The first-order valence-electron chi connectivity index (χ1n) is 3.39. The van der Waals surface area contributed by atoms with Gasteiger partial charge in [0.15, 0.2) is 0 Å². The van der Waals surface area contributed by atoms with Crippen molar-refractivity contribution in [2.75, 3.05) is 6.61 Å². The lowest BCUT2D eigenvalue weighted by molar-refractivity contribution is 0.0692. The van der Waals surface area contributed by atoms with Gasteiger partial charge < -0.3 is 9.84 Å². The molecule has 1 N–H and O–H groups in total. The lowest BCUT2D eigenvalue weighted by Crippen LogP contribution is -2.08. The number of carboxylic acid groups (broad SMARTS) is 1. The number of hydrogen-bond acceptors (Lipinski definition) is 3. The van der Waals surface area contributed by atoms with Crippen molar-refractivity contribution in [1.29, 1.82) is 0 Å². The fourth-order valence-electron chi connectivity index (χ4n) is 1.02. The fourth-order valence-corrected chi connectivity index (χ4v) is 1.02. The van der Waals surface area contributed by atoms with Crippen molar-refractivity contribution >= 4 is 12.2 Å². The highest BCUT2D eigenvalue weighted by atomic mass is 16.5. The molecule has 1 aromatic rings. The van der Waals surface area contributed by atoms with Gasteiger partial charge in [-0.2, -0.15) is 5.10 Å². The van der Waals surface area contributed by atoms with E-state index >= 15 is 0 Å². The fraction of sp³-hybridized carbons (Fsp3) is 0.143. The van der Waals surface area contributed by atoms with Gasteiger partial charge in [0.1, 0.15) is 12.2 Å². The molecule has 2 rings (SSSR count). The van der Waals surface area contributed by atoms with E-state index < -0.39 is 5.97 Å². The molecule has 1 aromatic heterocycles. The Labute approximate surface area is 67.9 Å². The predicted molar refractivity (Wildman–Crippen MR) is 40.0 cm³/mol. The Morgan fingerprint density at radius 2 is 2.58 bits per heavy atom. The maximum atomic E-state index is 10.6. The van der Waals surface area contributed by atoms with E-state index in [1.807, 2.05) is 0 Å². The zero-order valence-corrected chi connectivity index (χ0v) is 6.10. The molecule has 0 aromatic carbocycles. The number of aromatic nitrogens is 2. The Morgan fingerprint density at radius 3 is 3.33 bits per heavy atom. The van der Waals surface area contributed by atoms with Gasteiger partial charge in [0.2, 0.25) is 5.88 Å². The number of nitrogens with zero attached hydrogens (tertiary/aromatic N) is 2. The zero-order valence-electron chi connectivity index (χ0n) is 6.10. The summed E-state index contributed by atoms with van der Waals surface area (Å²) in [7, 11) is 0. The first-order chi connectivity index (χ1) is 5.79. The van der Waals surface area contributed by atoms with E-state index in [2.05, 4.69) is 5.10 Å². The van der Waals surface area contributed by atoms with E-state index in [1.165, 1.54) is 10.9 Å². The highest BCUT2D eigenvalue weighted by molar-refractivity contribution is 5.90. The van der Waals surface area contributed by atoms with Crippen molar-refractivity contribution in [2.24, 2.45) is 0 Å². The van der Waals surface area contributed by atoms with Crippen LogP contribution < -0.4 is 4.74 Å². The Balaban J connectivity index is 2.53. The third-order valence-corrected chi connectivity index (χ3v) is 1.54. The topological polar surface area (TPSA) is 64.3 Å². The molecule has 2 heterocycles. The van der Waals surface area contributed by atoms with E-state index in [9.17, 15) is 4.79 Å². The molecule has 5 heteroatoms. The molecule has 62 valence electrons. The van der Waals surface area contributed by atoms with Crippen molar-refractivity contribution in [3.8, 4) is 5.88 Å². The molecule has 0 radical (unpaired) electrons. The monoisotopic (exact) mass is 166 g/mol. The minimum atomic E-state index is -1.02. The molecule has 0 atom stereocenters. The number of carboxylic acids is 1. The maximum Gasteiger partial charge on any atom is 0.342 e. The standard InChI is InChI=1S/C7H6N2O3/c10-7(11)5-4-8-9-2-1-3-12-6(5)9/h1-2,4H,3H2,(H,10,11). The van der Waals surface area contributed by atoms with Crippen LogP contribution >= 0.6 is 0 Å². The van der Waals surface area contributed by atoms with Crippen LogP contribution in [0.4, 0.5) is 0 Å². The van der Waals surface area contributed by atoms with E-state index in [1.54, 1.807) is 12.3 Å². The van der Waals surface area contributed by atoms with Crippen molar-refractivity contribution in [2.45, 2.75) is 0 Å². The lowest BCUT2D eigenvalue weighted by atomic mass is 10.3. The molecule has 0 fully saturated rings. The Morgan fingerprint density at radius 1 is 1.75 bits per heavy atom. The summed E-state index contributed by atoms with van der Waals surface area (Å²) in [6.07, 6.45) is 4.70. The van der Waals surface area contributed by atoms with Crippen LogP contribution in [0.2, 0.25) is 0 Å². The number of hydrogen-bond donors (Lipinski definition) is 1. The summed E-state index contributed by atoms with van der Waals surface area (Å²) in [5.74, 6) is -0.725. The van der Waals surface area contributed by atoms with Crippen molar-refractivity contribution < 1.29 is 14.6 Å². The number of ether oxygens (including phenoxy) is 1. The predicted octanol–water partition coefficient (Wildman–Crippen LogP) is 0.444. The first kappa shape index (κ1) is 6.90. The van der Waals surface area contributed by atoms with Gasteiger partial charge in [-0.25, -0.2) is 9.48 Å². The van der Waals surface area contributed by atoms with Gasteiger partial charge in [0.25, 0.3) is 0 Å². The highest BCUT2D eigenvalue weighted by Crippen LogP contribution is 2.20. The average Bonchev–Trinajstić information content (AvgIpc) is 2.47. The van der Waals surface area contributed by atoms with Gasteiger partial charge in [0.05, 0.1) is 6.20 Å². The number of aromatic carboxylic acids is 1. The second-order valence-electron chi connectivity index (χ2n) is 2.31. The van der Waals surface area contributed by atoms with Crippen LogP contribution in [0.5, 0.6) is 5.88 Å². The van der Waals surface area contributed by atoms with Crippen LogP contribution in [0.1, 0.15) is 10.4 Å². The molecule has 0 saturated carbocycles. The van der Waals surface area contributed by atoms with Gasteiger partial charge in [-0.1, -0.05) is 0 Å². The summed E-state index contributed by atoms with van der Waals surface area (Å²) < 4.78 is 6.48. The van der Waals surface area contributed by atoms with Crippen LogP contribution in [0.25, 0.3) is 6.20 Å². The zero-order chi connectivity index (χ0) is 8.55. The van der Waals surface area contributed by atoms with Crippen LogP contribution in [0.15, 0.2) is 12.3 Å². The second-order valence-corrected chi connectivity index (χ2v) is 2.31. The SMILES string of the molecule is O=C(O)c1cnn2c1OCC=C2. The normalized spacial score (nSPS) is 13.7. The number of rotatable bonds is 1. The molecular weight excluding hydrogens is 160 g/mol. The largest absolute Gasteiger partial charge is 0.477 e. The third-order valence-electron chi connectivity index (χ3n) is 1.54. The molecule has 1 aliphatic rings. The molecule has 0 amide bonds. The summed E-state index contributed by atoms with van der Waals surface area (Å²) in [4.78, 5) is 10.6. The minimum absolute atomic E-state index is 0.0966. The average molecular weight is 166 g/mol. The smallest absolute Gasteiger partial charge is 0.342 e. The molecule has 0 bridgehead atoms. The Hall–Kier alpha value is -1.78. The van der Waals surface area contributed by atoms with Gasteiger partial charge in [-0.15, -0.1) is 0 Å². The summed E-state index contributed by atoms with van der Waals surface area (Å²) in [5.41, 5.74) is 0.0966. The van der Waals surface area contributed by atoms with Gasteiger partial charge in [0, 0.05) is 6.20 Å². The second kappa shape index (κ2) is 2.37. The van der Waals surface area contributed by atoms with Crippen molar-refractivity contribution in [3.63, 3.8) is 0 Å². The molecule has 0 unspecified atom stereocenters.